The molecule has 0 unspecified atom stereocenters. The maximum absolute atomic E-state index is 13.1. The number of Topliss-reactive ketones (excluding diaryl/α,β-unsaturated/α-hetero) is 1. The van der Waals surface area contributed by atoms with Gasteiger partial charge in [0.1, 0.15) is 11.7 Å². The molecule has 4 rings (SSSR count). The van der Waals surface area contributed by atoms with Crippen LogP contribution in [-0.4, -0.2) is 51.0 Å². The smallest absolute Gasteiger partial charge is 0.302 e. The summed E-state index contributed by atoms with van der Waals surface area (Å²) in [6, 6.07) is 0. The van der Waals surface area contributed by atoms with Gasteiger partial charge in [-0.2, -0.15) is 0 Å². The molecule has 3 saturated carbocycles. The van der Waals surface area contributed by atoms with Gasteiger partial charge in [-0.25, -0.2) is 0 Å². The van der Waals surface area contributed by atoms with Crippen molar-refractivity contribution in [3.8, 4) is 0 Å². The van der Waals surface area contributed by atoms with Crippen molar-refractivity contribution >= 4 is 11.8 Å². The SMILES string of the molecule is CC(=O)O[C@H]1CC(C)(C)/C(=C/C/C(C)=C/C=C/C(C)=C/C=C/C=C(C)/C=C/C=C(\C)C(=O)C[C@@]23O[C@]2(C)C[C@@H](O)CC32CC2)[C@](C)(O)C1. The third-order valence-corrected chi connectivity index (χ3v) is 10.9. The van der Waals surface area contributed by atoms with Gasteiger partial charge in [-0.1, -0.05) is 97.4 Å². The molecular formula is C42H58O6. The highest BCUT2D eigenvalue weighted by Gasteiger charge is 2.82. The molecule has 0 aromatic heterocycles. The molecule has 4 aliphatic rings. The largest absolute Gasteiger partial charge is 0.462 e. The minimum atomic E-state index is -1.02. The average Bonchev–Trinajstić information content (AvgIpc) is 3.85. The number of hydrogen-bond acceptors (Lipinski definition) is 6. The Balaban J connectivity index is 1.24. The minimum Gasteiger partial charge on any atom is -0.462 e. The Kier molecular flexibility index (Phi) is 11.3. The second-order valence-corrected chi connectivity index (χ2v) is 16.0. The Morgan fingerprint density at radius 2 is 1.44 bits per heavy atom. The Morgan fingerprint density at radius 3 is 2.00 bits per heavy atom. The zero-order valence-corrected chi connectivity index (χ0v) is 30.7. The summed E-state index contributed by atoms with van der Waals surface area (Å²) in [5.41, 5.74) is 3.06. The standard InChI is InChI=1S/C42H58O6/c1-29(16-12-17-31(3)20-21-37-38(6,7)26-35(47-33(5)43)27-39(37,8)46)14-10-11-15-30(2)18-13-19-32(4)36(45)28-42-40(9,48-42)24-34(44)25-41(42)22-23-41/h10-19,21,34-35,44,46H,20,22-28H2,1-9H3/b11-10+,16-12+,18-13+,29-14+,30-15+,31-17+,32-19+,37-21-/t34-,35+,39-,40-,42-/m1/s1. The van der Waals surface area contributed by atoms with Gasteiger partial charge in [0.05, 0.1) is 17.3 Å². The van der Waals surface area contributed by atoms with Crippen molar-refractivity contribution in [3.63, 3.8) is 0 Å². The van der Waals surface area contributed by atoms with Gasteiger partial charge in [-0.05, 0) is 90.2 Å². The molecule has 2 N–H and O–H groups in total. The highest BCUT2D eigenvalue weighted by atomic mass is 16.6. The molecule has 0 radical (unpaired) electrons. The van der Waals surface area contributed by atoms with Gasteiger partial charge in [0.2, 0.25) is 0 Å². The third-order valence-electron chi connectivity index (χ3n) is 10.9. The minimum absolute atomic E-state index is 0.00995. The number of allylic oxidation sites excluding steroid dienone is 15. The van der Waals surface area contributed by atoms with Gasteiger partial charge < -0.3 is 19.7 Å². The second kappa shape index (κ2) is 14.4. The number of rotatable bonds is 12. The summed E-state index contributed by atoms with van der Waals surface area (Å²) < 4.78 is 11.7. The number of fused-ring (bicyclic) bond motifs is 2. The van der Waals surface area contributed by atoms with E-state index in [1.165, 1.54) is 12.5 Å². The van der Waals surface area contributed by atoms with Crippen LogP contribution < -0.4 is 0 Å². The van der Waals surface area contributed by atoms with Crippen molar-refractivity contribution in [1.82, 2.24) is 0 Å². The van der Waals surface area contributed by atoms with Gasteiger partial charge in [0.25, 0.3) is 0 Å². The molecule has 1 spiro atoms. The van der Waals surface area contributed by atoms with Crippen LogP contribution in [0.15, 0.2) is 94.7 Å². The van der Waals surface area contributed by atoms with E-state index in [9.17, 15) is 19.8 Å². The molecule has 6 heteroatoms. The second-order valence-electron chi connectivity index (χ2n) is 16.0. The summed E-state index contributed by atoms with van der Waals surface area (Å²) in [5, 5.41) is 21.5. The lowest BCUT2D eigenvalue weighted by Gasteiger charge is -2.46. The van der Waals surface area contributed by atoms with Crippen molar-refractivity contribution in [1.29, 1.82) is 0 Å². The molecule has 3 aliphatic carbocycles. The predicted molar refractivity (Wildman–Crippen MR) is 193 cm³/mol. The molecule has 0 amide bonds. The predicted octanol–water partition coefficient (Wildman–Crippen LogP) is 8.68. The number of carbonyl (C=O) groups excluding carboxylic acids is 2. The van der Waals surface area contributed by atoms with Crippen LogP contribution in [0.25, 0.3) is 0 Å². The number of aliphatic hydroxyl groups excluding tert-OH is 1. The summed E-state index contributed by atoms with van der Waals surface area (Å²) in [7, 11) is 0. The quantitative estimate of drug-likeness (QED) is 0.0716. The molecule has 0 aromatic rings. The normalized spacial score (nSPS) is 34.4. The van der Waals surface area contributed by atoms with Crippen LogP contribution in [0.4, 0.5) is 0 Å². The summed E-state index contributed by atoms with van der Waals surface area (Å²) in [6.45, 7) is 17.5. The maximum atomic E-state index is 13.1. The number of esters is 1. The van der Waals surface area contributed by atoms with Gasteiger partial charge in [-0.3, -0.25) is 9.59 Å². The number of epoxide rings is 1. The van der Waals surface area contributed by atoms with Crippen molar-refractivity contribution in [3.05, 3.63) is 94.7 Å². The van der Waals surface area contributed by atoms with Crippen molar-refractivity contribution < 1.29 is 29.3 Å². The highest BCUT2D eigenvalue weighted by molar-refractivity contribution is 5.96. The molecule has 5 atom stereocenters. The molecule has 0 aromatic carbocycles. The first kappa shape index (κ1) is 37.8. The van der Waals surface area contributed by atoms with E-state index in [4.69, 9.17) is 9.47 Å². The highest BCUT2D eigenvalue weighted by Crippen LogP contribution is 2.76. The molecule has 48 heavy (non-hydrogen) atoms. The van der Waals surface area contributed by atoms with Gasteiger partial charge >= 0.3 is 5.97 Å². The zero-order chi connectivity index (χ0) is 35.5. The molecule has 1 aliphatic heterocycles. The number of aliphatic hydroxyl groups is 2. The fourth-order valence-electron chi connectivity index (χ4n) is 8.41. The molecule has 4 fully saturated rings. The first-order valence-corrected chi connectivity index (χ1v) is 17.6. The number of ether oxygens (including phenoxy) is 2. The van der Waals surface area contributed by atoms with E-state index in [2.05, 4.69) is 58.9 Å². The summed E-state index contributed by atoms with van der Waals surface area (Å²) in [5.74, 6) is -0.181. The van der Waals surface area contributed by atoms with E-state index in [0.717, 1.165) is 48.0 Å². The Hall–Kier alpha value is -3.06. The maximum Gasteiger partial charge on any atom is 0.302 e. The summed E-state index contributed by atoms with van der Waals surface area (Å²) in [4.78, 5) is 24.6. The number of hydrogen-bond donors (Lipinski definition) is 2. The molecule has 262 valence electrons. The Bertz CT molecular complexity index is 1480. The van der Waals surface area contributed by atoms with Gasteiger partial charge in [0, 0.05) is 31.6 Å². The molecule has 1 heterocycles. The van der Waals surface area contributed by atoms with Crippen LogP contribution in [-0.2, 0) is 19.1 Å². The molecule has 6 nitrogen and oxygen atoms in total. The van der Waals surface area contributed by atoms with Crippen LogP contribution in [0.3, 0.4) is 0 Å². The van der Waals surface area contributed by atoms with Crippen molar-refractivity contribution in [2.75, 3.05) is 0 Å². The summed E-state index contributed by atoms with van der Waals surface area (Å²) >= 11 is 0. The van der Waals surface area contributed by atoms with Crippen molar-refractivity contribution in [2.45, 2.75) is 143 Å². The molecule has 0 bridgehead atoms. The Morgan fingerprint density at radius 1 is 0.833 bits per heavy atom. The lowest BCUT2D eigenvalue weighted by Crippen LogP contribution is -2.46. The number of ketones is 1. The Labute approximate surface area is 288 Å². The first-order chi connectivity index (χ1) is 22.3. The van der Waals surface area contributed by atoms with Gasteiger partial charge in [0.15, 0.2) is 5.78 Å². The van der Waals surface area contributed by atoms with Crippen LogP contribution in [0, 0.1) is 10.8 Å². The molecule has 1 saturated heterocycles. The van der Waals surface area contributed by atoms with Gasteiger partial charge in [-0.15, -0.1) is 0 Å². The fraction of sp³-hybridized carbons (Fsp3) is 0.571. The molecular weight excluding hydrogens is 600 g/mol. The third kappa shape index (κ3) is 8.74. The van der Waals surface area contributed by atoms with E-state index in [1.54, 1.807) is 0 Å². The summed E-state index contributed by atoms with van der Waals surface area (Å²) in [6.07, 6.45) is 27.4. The van der Waals surface area contributed by atoms with E-state index < -0.39 is 11.2 Å². The van der Waals surface area contributed by atoms with Crippen LogP contribution in [0.5, 0.6) is 0 Å². The van der Waals surface area contributed by atoms with E-state index >= 15 is 0 Å². The number of carbonyl (C=O) groups is 2. The van der Waals surface area contributed by atoms with E-state index in [-0.39, 0.29) is 40.4 Å². The van der Waals surface area contributed by atoms with Crippen LogP contribution in [0.2, 0.25) is 0 Å². The topological polar surface area (TPSA) is 96.4 Å². The lowest BCUT2D eigenvalue weighted by atomic mass is 9.64. The van der Waals surface area contributed by atoms with Crippen LogP contribution in [0.1, 0.15) is 114 Å². The average molecular weight is 659 g/mol. The van der Waals surface area contributed by atoms with Crippen LogP contribution >= 0.6 is 0 Å². The fourth-order valence-corrected chi connectivity index (χ4v) is 8.41. The van der Waals surface area contributed by atoms with E-state index in [0.29, 0.717) is 25.7 Å². The van der Waals surface area contributed by atoms with Crippen molar-refractivity contribution in [2.24, 2.45) is 10.8 Å². The lowest BCUT2D eigenvalue weighted by molar-refractivity contribution is -0.152. The first-order valence-electron chi connectivity index (χ1n) is 17.6. The monoisotopic (exact) mass is 658 g/mol. The zero-order valence-electron chi connectivity index (χ0n) is 30.7. The van der Waals surface area contributed by atoms with E-state index in [1.807, 2.05) is 63.3 Å².